The fourth-order valence-corrected chi connectivity index (χ4v) is 3.75. The quantitative estimate of drug-likeness (QED) is 0.646. The number of rotatable bonds is 8. The zero-order chi connectivity index (χ0) is 19.9. The Labute approximate surface area is 169 Å². The molecule has 2 aromatic rings. The number of thioether (sulfide) groups is 2. The maximum Gasteiger partial charge on any atom is 0.252 e. The number of carbonyl (C=O) groups is 2. The molecule has 0 saturated heterocycles. The molecule has 0 radical (unpaired) electrons. The molecule has 0 aliphatic carbocycles. The zero-order valence-corrected chi connectivity index (χ0v) is 17.8. The second-order valence-electron chi connectivity index (χ2n) is 6.93. The van der Waals surface area contributed by atoms with E-state index in [1.54, 1.807) is 23.5 Å². The molecule has 0 unspecified atom stereocenters. The Hall–Kier alpha value is -1.92. The second-order valence-corrected chi connectivity index (χ2v) is 8.63. The van der Waals surface area contributed by atoms with Crippen LogP contribution in [0.25, 0.3) is 0 Å². The highest BCUT2D eigenvalue weighted by Crippen LogP contribution is 2.21. The van der Waals surface area contributed by atoms with E-state index in [0.717, 1.165) is 9.79 Å². The van der Waals surface area contributed by atoms with Crippen molar-refractivity contribution in [2.75, 3.05) is 25.6 Å². The third kappa shape index (κ3) is 6.04. The predicted octanol–water partition coefficient (Wildman–Crippen LogP) is 4.32. The number of hydrogen-bond acceptors (Lipinski definition) is 4. The van der Waals surface area contributed by atoms with E-state index in [2.05, 4.69) is 10.6 Å². The molecule has 144 valence electrons. The molecule has 2 aromatic carbocycles. The molecule has 0 aliphatic rings. The molecule has 6 heteroatoms. The first kappa shape index (κ1) is 21.4. The highest BCUT2D eigenvalue weighted by atomic mass is 32.2. The van der Waals surface area contributed by atoms with Gasteiger partial charge in [-0.1, -0.05) is 38.1 Å². The maximum atomic E-state index is 12.5. The molecule has 0 aliphatic heterocycles. The van der Waals surface area contributed by atoms with Crippen molar-refractivity contribution < 1.29 is 9.59 Å². The molecule has 2 rings (SSSR count). The second kappa shape index (κ2) is 9.85. The fourth-order valence-electron chi connectivity index (χ4n) is 2.56. The van der Waals surface area contributed by atoms with Crippen molar-refractivity contribution in [1.29, 1.82) is 0 Å². The largest absolute Gasteiger partial charge is 0.351 e. The van der Waals surface area contributed by atoms with Gasteiger partial charge in [-0.05, 0) is 42.2 Å². The third-order valence-electron chi connectivity index (χ3n) is 4.16. The summed E-state index contributed by atoms with van der Waals surface area (Å²) in [5, 5.41) is 5.98. The summed E-state index contributed by atoms with van der Waals surface area (Å²) >= 11 is 3.11. The Morgan fingerprint density at radius 1 is 0.778 bits per heavy atom. The summed E-state index contributed by atoms with van der Waals surface area (Å²) in [6.45, 7) is 4.99. The fraction of sp³-hybridized carbons (Fsp3) is 0.333. The van der Waals surface area contributed by atoms with Crippen molar-refractivity contribution in [1.82, 2.24) is 10.6 Å². The molecule has 2 N–H and O–H groups in total. The molecule has 0 fully saturated rings. The first-order valence-electron chi connectivity index (χ1n) is 8.70. The minimum absolute atomic E-state index is 0.0907. The van der Waals surface area contributed by atoms with Crippen molar-refractivity contribution >= 4 is 35.3 Å². The lowest BCUT2D eigenvalue weighted by molar-refractivity contribution is 0.0917. The molecular formula is C21H26N2O2S2. The molecule has 0 bridgehead atoms. The molecule has 0 heterocycles. The van der Waals surface area contributed by atoms with E-state index in [1.165, 1.54) is 0 Å². The number of amides is 2. The van der Waals surface area contributed by atoms with Gasteiger partial charge in [-0.3, -0.25) is 9.59 Å². The molecule has 2 amide bonds. The minimum atomic E-state index is -0.270. The van der Waals surface area contributed by atoms with Crippen LogP contribution in [0.3, 0.4) is 0 Å². The number of nitrogens with one attached hydrogen (secondary N) is 2. The molecule has 0 aromatic heterocycles. The summed E-state index contributed by atoms with van der Waals surface area (Å²) < 4.78 is 0. The molecule has 0 spiro atoms. The van der Waals surface area contributed by atoms with Crippen molar-refractivity contribution in [3.63, 3.8) is 0 Å². The van der Waals surface area contributed by atoms with Crippen LogP contribution in [0, 0.1) is 5.41 Å². The minimum Gasteiger partial charge on any atom is -0.351 e. The van der Waals surface area contributed by atoms with Gasteiger partial charge in [0.15, 0.2) is 0 Å². The van der Waals surface area contributed by atoms with Crippen LogP contribution in [0.1, 0.15) is 34.6 Å². The summed E-state index contributed by atoms with van der Waals surface area (Å²) in [4.78, 5) is 26.9. The van der Waals surface area contributed by atoms with E-state index in [9.17, 15) is 9.59 Å². The first-order chi connectivity index (χ1) is 12.9. The van der Waals surface area contributed by atoms with Crippen LogP contribution in [0.4, 0.5) is 0 Å². The van der Waals surface area contributed by atoms with Crippen LogP contribution in [-0.2, 0) is 0 Å². The van der Waals surface area contributed by atoms with Gasteiger partial charge < -0.3 is 10.6 Å². The van der Waals surface area contributed by atoms with E-state index in [4.69, 9.17) is 0 Å². The SMILES string of the molecule is CSc1ccccc1C(=O)NCC(C)(C)CNC(=O)c1ccccc1SC. The van der Waals surface area contributed by atoms with Crippen LogP contribution in [0.5, 0.6) is 0 Å². The lowest BCUT2D eigenvalue weighted by Crippen LogP contribution is -2.42. The van der Waals surface area contributed by atoms with Gasteiger partial charge in [0.1, 0.15) is 0 Å². The van der Waals surface area contributed by atoms with E-state index in [-0.39, 0.29) is 17.2 Å². The zero-order valence-electron chi connectivity index (χ0n) is 16.2. The van der Waals surface area contributed by atoms with E-state index >= 15 is 0 Å². The van der Waals surface area contributed by atoms with Gasteiger partial charge in [0, 0.05) is 22.9 Å². The summed E-state index contributed by atoms with van der Waals surface area (Å²) in [5.41, 5.74) is 1.09. The first-order valence-corrected chi connectivity index (χ1v) is 11.2. The maximum absolute atomic E-state index is 12.5. The van der Waals surface area contributed by atoms with Gasteiger partial charge >= 0.3 is 0 Å². The Balaban J connectivity index is 1.93. The van der Waals surface area contributed by atoms with Crippen LogP contribution >= 0.6 is 23.5 Å². The monoisotopic (exact) mass is 402 g/mol. The van der Waals surface area contributed by atoms with Gasteiger partial charge in [0.2, 0.25) is 0 Å². The van der Waals surface area contributed by atoms with Crippen LogP contribution in [0.15, 0.2) is 58.3 Å². The Morgan fingerprint density at radius 2 is 1.15 bits per heavy atom. The van der Waals surface area contributed by atoms with Crippen molar-refractivity contribution in [2.45, 2.75) is 23.6 Å². The van der Waals surface area contributed by atoms with E-state index in [1.807, 2.05) is 74.9 Å². The topological polar surface area (TPSA) is 58.2 Å². The van der Waals surface area contributed by atoms with Gasteiger partial charge in [0.25, 0.3) is 11.8 Å². The summed E-state index contributed by atoms with van der Waals surface area (Å²) in [7, 11) is 0. The Bertz CT molecular complexity index is 741. The molecule has 27 heavy (non-hydrogen) atoms. The van der Waals surface area contributed by atoms with Crippen LogP contribution in [0.2, 0.25) is 0 Å². The van der Waals surface area contributed by atoms with Crippen molar-refractivity contribution in [3.05, 3.63) is 59.7 Å². The van der Waals surface area contributed by atoms with Gasteiger partial charge in [0.05, 0.1) is 11.1 Å². The Kier molecular flexibility index (Phi) is 7.80. The van der Waals surface area contributed by atoms with E-state index in [0.29, 0.717) is 24.2 Å². The standard InChI is InChI=1S/C21H26N2O2S2/c1-21(2,13-22-19(24)15-9-5-7-11-17(15)26-3)14-23-20(25)16-10-6-8-12-18(16)27-4/h5-12H,13-14H2,1-4H3,(H,22,24)(H,23,25). The molecule has 0 atom stereocenters. The lowest BCUT2D eigenvalue weighted by Gasteiger charge is -2.25. The predicted molar refractivity (Wildman–Crippen MR) is 115 cm³/mol. The number of carbonyl (C=O) groups excluding carboxylic acids is 2. The van der Waals surface area contributed by atoms with Crippen molar-refractivity contribution in [2.24, 2.45) is 5.41 Å². The van der Waals surface area contributed by atoms with Gasteiger partial charge in [-0.15, -0.1) is 23.5 Å². The molecule has 4 nitrogen and oxygen atoms in total. The molecular weight excluding hydrogens is 376 g/mol. The Morgan fingerprint density at radius 3 is 1.52 bits per heavy atom. The highest BCUT2D eigenvalue weighted by Gasteiger charge is 2.22. The normalized spacial score (nSPS) is 11.1. The molecule has 0 saturated carbocycles. The highest BCUT2D eigenvalue weighted by molar-refractivity contribution is 7.99. The number of hydrogen-bond donors (Lipinski definition) is 2. The summed E-state index contributed by atoms with van der Waals surface area (Å²) in [6, 6.07) is 15.1. The van der Waals surface area contributed by atoms with Gasteiger partial charge in [-0.25, -0.2) is 0 Å². The third-order valence-corrected chi connectivity index (χ3v) is 5.75. The van der Waals surface area contributed by atoms with Crippen molar-refractivity contribution in [3.8, 4) is 0 Å². The summed E-state index contributed by atoms with van der Waals surface area (Å²) in [6.07, 6.45) is 3.91. The van der Waals surface area contributed by atoms with E-state index < -0.39 is 0 Å². The summed E-state index contributed by atoms with van der Waals surface area (Å²) in [5.74, 6) is -0.181. The average Bonchev–Trinajstić information content (AvgIpc) is 2.70. The lowest BCUT2D eigenvalue weighted by atomic mass is 9.93. The smallest absolute Gasteiger partial charge is 0.252 e. The average molecular weight is 403 g/mol. The van der Waals surface area contributed by atoms with Crippen LogP contribution in [-0.4, -0.2) is 37.4 Å². The number of benzene rings is 2. The van der Waals surface area contributed by atoms with Crippen LogP contribution < -0.4 is 10.6 Å². The van der Waals surface area contributed by atoms with Gasteiger partial charge in [-0.2, -0.15) is 0 Å².